The Hall–Kier alpha value is -1.45. The molecular weight excluding hydrogens is 250 g/mol. The monoisotopic (exact) mass is 270 g/mol. The van der Waals surface area contributed by atoms with Crippen molar-refractivity contribution < 1.29 is 18.3 Å². The SMILES string of the molecule is CCCCCCC(C)Oc1c(F)cc(C=O)cc1F. The van der Waals surface area contributed by atoms with Crippen LogP contribution in [-0.4, -0.2) is 12.4 Å². The van der Waals surface area contributed by atoms with Crippen LogP contribution in [-0.2, 0) is 0 Å². The van der Waals surface area contributed by atoms with E-state index in [0.717, 1.165) is 44.2 Å². The molecule has 0 amide bonds. The molecule has 1 rings (SSSR count). The van der Waals surface area contributed by atoms with Crippen LogP contribution < -0.4 is 4.74 Å². The van der Waals surface area contributed by atoms with Crippen LogP contribution >= 0.6 is 0 Å². The van der Waals surface area contributed by atoms with Crippen LogP contribution in [0.15, 0.2) is 12.1 Å². The van der Waals surface area contributed by atoms with Crippen molar-refractivity contribution in [2.45, 2.75) is 52.1 Å². The quantitative estimate of drug-likeness (QED) is 0.513. The average molecular weight is 270 g/mol. The van der Waals surface area contributed by atoms with E-state index in [-0.39, 0.29) is 11.7 Å². The Kier molecular flexibility index (Phi) is 6.46. The van der Waals surface area contributed by atoms with Gasteiger partial charge in [0.25, 0.3) is 0 Å². The highest BCUT2D eigenvalue weighted by atomic mass is 19.1. The summed E-state index contributed by atoms with van der Waals surface area (Å²) in [6.45, 7) is 3.91. The predicted octanol–water partition coefficient (Wildman–Crippen LogP) is 4.52. The smallest absolute Gasteiger partial charge is 0.191 e. The van der Waals surface area contributed by atoms with Gasteiger partial charge in [0.2, 0.25) is 0 Å². The third kappa shape index (κ3) is 4.97. The van der Waals surface area contributed by atoms with E-state index in [1.54, 1.807) is 6.92 Å². The van der Waals surface area contributed by atoms with Crippen molar-refractivity contribution in [3.8, 4) is 5.75 Å². The second kappa shape index (κ2) is 7.87. The predicted molar refractivity (Wildman–Crippen MR) is 70.6 cm³/mol. The summed E-state index contributed by atoms with van der Waals surface area (Å²) in [6, 6.07) is 1.96. The van der Waals surface area contributed by atoms with Crippen LogP contribution in [0.4, 0.5) is 8.78 Å². The van der Waals surface area contributed by atoms with Crippen LogP contribution in [0, 0.1) is 11.6 Å². The zero-order valence-corrected chi connectivity index (χ0v) is 11.4. The first-order valence-corrected chi connectivity index (χ1v) is 6.69. The summed E-state index contributed by atoms with van der Waals surface area (Å²) in [7, 11) is 0. The molecule has 0 N–H and O–H groups in total. The third-order valence-electron chi connectivity index (χ3n) is 2.94. The molecule has 1 aromatic rings. The van der Waals surface area contributed by atoms with Gasteiger partial charge in [-0.15, -0.1) is 0 Å². The van der Waals surface area contributed by atoms with Gasteiger partial charge in [-0.05, 0) is 31.9 Å². The van der Waals surface area contributed by atoms with E-state index in [1.807, 2.05) is 0 Å². The Balaban J connectivity index is 2.58. The number of unbranched alkanes of at least 4 members (excludes halogenated alkanes) is 3. The lowest BCUT2D eigenvalue weighted by molar-refractivity contribution is 0.112. The standard InChI is InChI=1S/C15H20F2O2/c1-3-4-5-6-7-11(2)19-15-13(16)8-12(10-18)9-14(15)17/h8-11H,3-7H2,1-2H3. The van der Waals surface area contributed by atoms with E-state index < -0.39 is 17.4 Å². The van der Waals surface area contributed by atoms with Gasteiger partial charge in [0.05, 0.1) is 6.10 Å². The van der Waals surface area contributed by atoms with Gasteiger partial charge in [0.15, 0.2) is 17.4 Å². The highest BCUT2D eigenvalue weighted by Gasteiger charge is 2.15. The summed E-state index contributed by atoms with van der Waals surface area (Å²) in [5.41, 5.74) is -0.0297. The highest BCUT2D eigenvalue weighted by molar-refractivity contribution is 5.75. The third-order valence-corrected chi connectivity index (χ3v) is 2.94. The Labute approximate surface area is 112 Å². The van der Waals surface area contributed by atoms with Crippen LogP contribution in [0.3, 0.4) is 0 Å². The van der Waals surface area contributed by atoms with Crippen molar-refractivity contribution in [3.63, 3.8) is 0 Å². The number of ether oxygens (including phenoxy) is 1. The Bertz CT molecular complexity index is 396. The first-order valence-electron chi connectivity index (χ1n) is 6.69. The van der Waals surface area contributed by atoms with Crippen LogP contribution in [0.5, 0.6) is 5.75 Å². The molecule has 19 heavy (non-hydrogen) atoms. The van der Waals surface area contributed by atoms with Crippen molar-refractivity contribution in [2.75, 3.05) is 0 Å². The minimum absolute atomic E-state index is 0.0297. The molecule has 4 heteroatoms. The number of rotatable bonds is 8. The number of benzene rings is 1. The topological polar surface area (TPSA) is 26.3 Å². The summed E-state index contributed by atoms with van der Waals surface area (Å²) < 4.78 is 32.4. The number of carbonyl (C=O) groups excluding carboxylic acids is 1. The Morgan fingerprint density at radius 3 is 2.37 bits per heavy atom. The van der Waals surface area contributed by atoms with Gasteiger partial charge in [0.1, 0.15) is 6.29 Å². The largest absolute Gasteiger partial charge is 0.485 e. The van der Waals surface area contributed by atoms with Crippen LogP contribution in [0.1, 0.15) is 56.3 Å². The molecule has 2 nitrogen and oxygen atoms in total. The van der Waals surface area contributed by atoms with Crippen LogP contribution in [0.2, 0.25) is 0 Å². The fourth-order valence-corrected chi connectivity index (χ4v) is 1.88. The lowest BCUT2D eigenvalue weighted by atomic mass is 10.1. The van der Waals surface area contributed by atoms with Gasteiger partial charge in [-0.3, -0.25) is 4.79 Å². The second-order valence-corrected chi connectivity index (χ2v) is 4.71. The number of aldehydes is 1. The minimum Gasteiger partial charge on any atom is -0.485 e. The van der Waals surface area contributed by atoms with E-state index in [1.165, 1.54) is 0 Å². The molecule has 0 aliphatic carbocycles. The molecule has 1 aromatic carbocycles. The van der Waals surface area contributed by atoms with Gasteiger partial charge < -0.3 is 4.74 Å². The summed E-state index contributed by atoms with van der Waals surface area (Å²) in [6.07, 6.45) is 5.29. The normalized spacial score (nSPS) is 12.2. The van der Waals surface area contributed by atoms with E-state index in [4.69, 9.17) is 4.74 Å². The Morgan fingerprint density at radius 2 is 1.84 bits per heavy atom. The molecule has 106 valence electrons. The molecule has 0 bridgehead atoms. The van der Waals surface area contributed by atoms with E-state index >= 15 is 0 Å². The summed E-state index contributed by atoms with van der Waals surface area (Å²) >= 11 is 0. The number of hydrogen-bond acceptors (Lipinski definition) is 2. The highest BCUT2D eigenvalue weighted by Crippen LogP contribution is 2.25. The lowest BCUT2D eigenvalue weighted by Gasteiger charge is -2.15. The average Bonchev–Trinajstić information content (AvgIpc) is 2.38. The maximum Gasteiger partial charge on any atom is 0.191 e. The van der Waals surface area contributed by atoms with Crippen LogP contribution in [0.25, 0.3) is 0 Å². The summed E-state index contributed by atoms with van der Waals surface area (Å²) in [5.74, 6) is -2.06. The van der Waals surface area contributed by atoms with Crippen molar-refractivity contribution in [1.29, 1.82) is 0 Å². The van der Waals surface area contributed by atoms with Gasteiger partial charge >= 0.3 is 0 Å². The maximum atomic E-state index is 13.6. The number of halogens is 2. The molecule has 0 fully saturated rings. The Morgan fingerprint density at radius 1 is 1.21 bits per heavy atom. The first kappa shape index (κ1) is 15.6. The van der Waals surface area contributed by atoms with Crippen molar-refractivity contribution in [1.82, 2.24) is 0 Å². The number of carbonyl (C=O) groups is 1. The molecule has 0 saturated carbocycles. The molecule has 1 atom stereocenters. The van der Waals surface area contributed by atoms with E-state index in [0.29, 0.717) is 6.29 Å². The van der Waals surface area contributed by atoms with Crippen molar-refractivity contribution >= 4 is 6.29 Å². The maximum absolute atomic E-state index is 13.6. The molecule has 0 aliphatic rings. The zero-order chi connectivity index (χ0) is 14.3. The van der Waals surface area contributed by atoms with Gasteiger partial charge in [-0.25, -0.2) is 8.78 Å². The first-order chi connectivity index (χ1) is 9.08. The lowest BCUT2D eigenvalue weighted by Crippen LogP contribution is -2.13. The van der Waals surface area contributed by atoms with Gasteiger partial charge in [-0.1, -0.05) is 26.2 Å². The van der Waals surface area contributed by atoms with Crippen molar-refractivity contribution in [3.05, 3.63) is 29.3 Å². The fraction of sp³-hybridized carbons (Fsp3) is 0.533. The van der Waals surface area contributed by atoms with Crippen molar-refractivity contribution in [2.24, 2.45) is 0 Å². The molecule has 0 aromatic heterocycles. The van der Waals surface area contributed by atoms with Gasteiger partial charge in [-0.2, -0.15) is 0 Å². The molecule has 0 saturated heterocycles. The molecule has 0 aliphatic heterocycles. The molecule has 0 heterocycles. The van der Waals surface area contributed by atoms with E-state index in [9.17, 15) is 13.6 Å². The second-order valence-electron chi connectivity index (χ2n) is 4.71. The summed E-state index contributed by atoms with van der Waals surface area (Å²) in [4.78, 5) is 10.5. The fourth-order valence-electron chi connectivity index (χ4n) is 1.88. The van der Waals surface area contributed by atoms with E-state index in [2.05, 4.69) is 6.92 Å². The number of hydrogen-bond donors (Lipinski definition) is 0. The molecular formula is C15H20F2O2. The summed E-state index contributed by atoms with van der Waals surface area (Å²) in [5, 5.41) is 0. The molecule has 0 spiro atoms. The molecule has 0 radical (unpaired) electrons. The van der Waals surface area contributed by atoms with Gasteiger partial charge in [0, 0.05) is 5.56 Å². The zero-order valence-electron chi connectivity index (χ0n) is 11.4. The molecule has 1 unspecified atom stereocenters. The minimum atomic E-state index is -0.831.